The highest BCUT2D eigenvalue weighted by Gasteiger charge is 2.50. The van der Waals surface area contributed by atoms with Crippen molar-refractivity contribution in [2.75, 3.05) is 0 Å². The highest BCUT2D eigenvalue weighted by atomic mass is 28.4. The summed E-state index contributed by atoms with van der Waals surface area (Å²) >= 11 is 0. The molecule has 5 atom stereocenters. The Morgan fingerprint density at radius 2 is 1.13 bits per heavy atom. The smallest absolute Gasteiger partial charge is 0.307 e. The Hall–Kier alpha value is -1.40. The van der Waals surface area contributed by atoms with E-state index < -0.39 is 57.7 Å². The summed E-state index contributed by atoms with van der Waals surface area (Å²) in [6, 6.07) is 0. The molecule has 2 rings (SSSR count). The van der Waals surface area contributed by atoms with Crippen LogP contribution in [0.4, 0.5) is 0 Å². The molecule has 0 spiro atoms. The zero-order valence-corrected chi connectivity index (χ0v) is 47.1. The summed E-state index contributed by atoms with van der Waals surface area (Å²) in [7, 11) is -9.48. The molecule has 2 aromatic heterocycles. The molecule has 61 heavy (non-hydrogen) atoms. The van der Waals surface area contributed by atoms with Crippen molar-refractivity contribution in [3.8, 4) is 0 Å². The monoisotopic (exact) mass is 925 g/mol. The molecule has 2 heterocycles. The molecular formula is C47H92N2O8Si4. The first kappa shape index (κ1) is 55.7. The Bertz CT molecular complexity index is 1600. The van der Waals surface area contributed by atoms with Gasteiger partial charge in [0.15, 0.2) is 45.4 Å². The minimum atomic E-state index is -2.44. The van der Waals surface area contributed by atoms with E-state index in [1.807, 2.05) is 0 Å². The van der Waals surface area contributed by atoms with E-state index in [9.17, 15) is 4.79 Å². The number of oxazole rings is 2. The van der Waals surface area contributed by atoms with Crippen LogP contribution in [0.3, 0.4) is 0 Å². The maximum absolute atomic E-state index is 13.3. The molecule has 14 heteroatoms. The molecule has 354 valence electrons. The third-order valence-electron chi connectivity index (χ3n) is 14.3. The van der Waals surface area contributed by atoms with Gasteiger partial charge in [0.25, 0.3) is 0 Å². The van der Waals surface area contributed by atoms with E-state index >= 15 is 0 Å². The van der Waals surface area contributed by atoms with Crippen molar-refractivity contribution < 1.29 is 36.1 Å². The van der Waals surface area contributed by atoms with Crippen molar-refractivity contribution in [2.45, 2.75) is 258 Å². The predicted molar refractivity (Wildman–Crippen MR) is 261 cm³/mol. The molecule has 0 aliphatic heterocycles. The Labute approximate surface area is 377 Å². The van der Waals surface area contributed by atoms with Crippen molar-refractivity contribution in [2.24, 2.45) is 0 Å². The first-order valence-corrected chi connectivity index (χ1v) is 34.9. The van der Waals surface area contributed by atoms with E-state index in [2.05, 4.69) is 154 Å². The van der Waals surface area contributed by atoms with Crippen LogP contribution in [-0.4, -0.2) is 67.5 Å². The highest BCUT2D eigenvalue weighted by Crippen LogP contribution is 2.46. The van der Waals surface area contributed by atoms with Crippen LogP contribution in [0.5, 0.6) is 0 Å². The van der Waals surface area contributed by atoms with Crippen LogP contribution in [-0.2, 0) is 27.2 Å². The van der Waals surface area contributed by atoms with Gasteiger partial charge in [-0.3, -0.25) is 4.79 Å². The standard InChI is InChI=1S/C47H92N2O8Si4/c1-23-24-25-26-27-28-29-30-40(50)53-42(39-32-48-34-52-39)43-49-36(33-51-43)37(55-59(17,18)45(6,7)8)31-38(56-60(19,20)46(9,10)11)41(57-61(21,22)47(12,13)14)35(2)54-58(15,16)44(3,4)5/h32-35,37-38,41-42H,23-31H2,1-22H3. The number of hydrogen-bond donors (Lipinski definition) is 0. The lowest BCUT2D eigenvalue weighted by molar-refractivity contribution is -0.149. The van der Waals surface area contributed by atoms with Crippen LogP contribution < -0.4 is 0 Å². The summed E-state index contributed by atoms with van der Waals surface area (Å²) in [4.78, 5) is 22.6. The quantitative estimate of drug-likeness (QED) is 0.0572. The molecule has 0 bridgehead atoms. The third kappa shape index (κ3) is 16.2. The molecule has 0 fully saturated rings. The number of esters is 1. The Kier molecular flexibility index (Phi) is 19.8. The Morgan fingerprint density at radius 1 is 0.656 bits per heavy atom. The number of aromatic nitrogens is 2. The fourth-order valence-electron chi connectivity index (χ4n) is 6.05. The van der Waals surface area contributed by atoms with E-state index in [0.29, 0.717) is 24.3 Å². The number of rotatable bonds is 24. The summed E-state index contributed by atoms with van der Waals surface area (Å²) in [5.41, 5.74) is 0.611. The van der Waals surface area contributed by atoms with E-state index in [1.54, 1.807) is 12.5 Å². The fourth-order valence-corrected chi connectivity index (χ4v) is 11.5. The maximum atomic E-state index is 13.3. The van der Waals surface area contributed by atoms with Gasteiger partial charge in [-0.15, -0.1) is 0 Å². The number of nitrogens with zero attached hydrogens (tertiary/aromatic N) is 2. The molecule has 0 N–H and O–H groups in total. The number of carbonyl (C=O) groups excluding carboxylic acids is 1. The van der Waals surface area contributed by atoms with Crippen molar-refractivity contribution in [3.05, 3.63) is 36.2 Å². The molecule has 0 saturated heterocycles. The molecular weight excluding hydrogens is 833 g/mol. The van der Waals surface area contributed by atoms with Crippen LogP contribution in [0.2, 0.25) is 72.5 Å². The zero-order valence-electron chi connectivity index (χ0n) is 43.1. The maximum Gasteiger partial charge on any atom is 0.307 e. The first-order valence-electron chi connectivity index (χ1n) is 23.3. The lowest BCUT2D eigenvalue weighted by Gasteiger charge is -2.49. The summed E-state index contributed by atoms with van der Waals surface area (Å²) in [5, 5.41) is -0.224. The highest BCUT2D eigenvalue weighted by molar-refractivity contribution is 6.75. The molecule has 0 aliphatic rings. The van der Waals surface area contributed by atoms with Gasteiger partial charge in [-0.05, 0) is 85.9 Å². The van der Waals surface area contributed by atoms with Gasteiger partial charge in [-0.25, -0.2) is 9.97 Å². The summed E-state index contributed by atoms with van der Waals surface area (Å²) in [6.07, 6.45) is 10.5. The van der Waals surface area contributed by atoms with Crippen LogP contribution in [0.15, 0.2) is 27.7 Å². The van der Waals surface area contributed by atoms with Crippen molar-refractivity contribution >= 4 is 39.2 Å². The first-order chi connectivity index (χ1) is 27.6. The lowest BCUT2D eigenvalue weighted by atomic mass is 10.0. The molecule has 0 amide bonds. The van der Waals surface area contributed by atoms with Crippen LogP contribution in [0.1, 0.15) is 184 Å². The number of unbranched alkanes of at least 4 members (excludes halogenated alkanes) is 6. The zero-order chi connectivity index (χ0) is 47.0. The van der Waals surface area contributed by atoms with E-state index in [1.165, 1.54) is 32.1 Å². The molecule has 0 radical (unpaired) electrons. The topological polar surface area (TPSA) is 115 Å². The minimum absolute atomic E-state index is 0.00140. The second-order valence-electron chi connectivity index (χ2n) is 23.7. The van der Waals surface area contributed by atoms with E-state index in [0.717, 1.165) is 19.3 Å². The van der Waals surface area contributed by atoms with Gasteiger partial charge in [0.05, 0.1) is 30.6 Å². The summed E-state index contributed by atoms with van der Waals surface area (Å²) in [6.45, 7) is 50.1. The average Bonchev–Trinajstić information content (AvgIpc) is 3.80. The van der Waals surface area contributed by atoms with Gasteiger partial charge in [-0.2, -0.15) is 0 Å². The van der Waals surface area contributed by atoms with Gasteiger partial charge in [0, 0.05) is 12.8 Å². The van der Waals surface area contributed by atoms with Crippen molar-refractivity contribution in [1.29, 1.82) is 0 Å². The molecule has 10 nitrogen and oxygen atoms in total. The van der Waals surface area contributed by atoms with Crippen molar-refractivity contribution in [1.82, 2.24) is 9.97 Å². The van der Waals surface area contributed by atoms with Crippen molar-refractivity contribution in [3.63, 3.8) is 0 Å². The molecule has 2 aromatic rings. The van der Waals surface area contributed by atoms with Gasteiger partial charge < -0.3 is 31.3 Å². The van der Waals surface area contributed by atoms with Gasteiger partial charge in [0.1, 0.15) is 12.0 Å². The fraction of sp³-hybridized carbons (Fsp3) is 0.851. The Balaban J connectivity index is 2.77. The second kappa shape index (κ2) is 21.7. The number of carbonyl (C=O) groups is 1. The predicted octanol–water partition coefficient (Wildman–Crippen LogP) is 15.1. The number of ether oxygens (including phenoxy) is 1. The van der Waals surface area contributed by atoms with E-state index in [-0.39, 0.29) is 38.1 Å². The molecule has 5 unspecified atom stereocenters. The SMILES string of the molecule is CCCCCCCCCC(=O)OC(c1cnco1)c1nc(C(CC(O[Si](C)(C)C(C)(C)C)C(O[Si](C)(C)C(C)(C)C)C(C)O[Si](C)(C)C(C)(C)C)O[Si](C)(C)C(C)(C)C)co1. The van der Waals surface area contributed by atoms with E-state index in [4.69, 9.17) is 36.3 Å². The second-order valence-corrected chi connectivity index (χ2v) is 42.7. The summed E-state index contributed by atoms with van der Waals surface area (Å²) in [5.74, 6) is 0.240. The number of hydrogen-bond acceptors (Lipinski definition) is 10. The van der Waals surface area contributed by atoms with Gasteiger partial charge in [-0.1, -0.05) is 129 Å². The molecule has 0 aromatic carbocycles. The lowest BCUT2D eigenvalue weighted by Crippen LogP contribution is -2.57. The van der Waals surface area contributed by atoms with Crippen LogP contribution in [0.25, 0.3) is 0 Å². The molecule has 0 aliphatic carbocycles. The normalized spacial score (nSPS) is 16.6. The van der Waals surface area contributed by atoms with Gasteiger partial charge >= 0.3 is 5.97 Å². The minimum Gasteiger partial charge on any atom is -0.445 e. The molecule has 0 saturated carbocycles. The van der Waals surface area contributed by atoms with Crippen LogP contribution >= 0.6 is 0 Å². The third-order valence-corrected chi connectivity index (χ3v) is 32.4. The largest absolute Gasteiger partial charge is 0.445 e. The summed E-state index contributed by atoms with van der Waals surface area (Å²) < 4.78 is 47.9. The average molecular weight is 926 g/mol. The van der Waals surface area contributed by atoms with Crippen LogP contribution in [0, 0.1) is 0 Å². The Morgan fingerprint density at radius 3 is 1.62 bits per heavy atom. The van der Waals surface area contributed by atoms with Gasteiger partial charge in [0.2, 0.25) is 12.0 Å².